The number of nitrogens with one attached hydrogen (secondary N) is 3. The first-order chi connectivity index (χ1) is 37.5. The number of hydrogen-bond donors (Lipinski definition) is 5. The first kappa shape index (κ1) is 54.4. The monoisotopic (exact) mass is 1060 g/mol. The molecule has 2 unspecified atom stereocenters. The summed E-state index contributed by atoms with van der Waals surface area (Å²) in [5, 5.41) is 32.1. The van der Waals surface area contributed by atoms with Gasteiger partial charge in [-0.1, -0.05) is 82.0 Å². The van der Waals surface area contributed by atoms with E-state index in [4.69, 9.17) is 16.1 Å². The molecule has 4 saturated heterocycles. The maximum Gasteiger partial charge on any atom is 0.319 e. The fourth-order valence-corrected chi connectivity index (χ4v) is 12.0. The molecule has 2 aromatic heterocycles. The Hall–Kier alpha value is -7.00. The van der Waals surface area contributed by atoms with Gasteiger partial charge in [-0.05, 0) is 110 Å². The Bertz CT molecular complexity index is 3190. The number of ether oxygens (including phenoxy) is 1. The van der Waals surface area contributed by atoms with Crippen molar-refractivity contribution >= 4 is 50.8 Å². The number of aliphatic hydroxyl groups excluding tert-OH is 1. The molecule has 4 aliphatic heterocycles. The number of unbranched alkanes of at least 4 members (excludes halogenated alkanes) is 3. The topological polar surface area (TPSA) is 185 Å². The van der Waals surface area contributed by atoms with E-state index in [1.807, 2.05) is 32.9 Å². The molecular weight excluding hydrogens is 993 g/mol. The lowest BCUT2D eigenvalue weighted by molar-refractivity contribution is -0.144. The van der Waals surface area contributed by atoms with Crippen molar-refractivity contribution in [2.75, 3.05) is 44.2 Å². The molecule has 0 radical (unpaired) electrons. The number of aliphatic hydroxyl groups is 1. The summed E-state index contributed by atoms with van der Waals surface area (Å²) in [5.74, 6) is 0.446. The van der Waals surface area contributed by atoms with Crippen LogP contribution in [0.25, 0.3) is 38.5 Å². The number of aromatic nitrogens is 3. The van der Waals surface area contributed by atoms with Crippen LogP contribution >= 0.6 is 0 Å². The summed E-state index contributed by atoms with van der Waals surface area (Å²) in [6, 6.07) is 12.5. The molecule has 3 amide bonds. The molecule has 17 heteroatoms. The predicted molar refractivity (Wildman–Crippen MR) is 297 cm³/mol. The number of anilines is 1. The SMILES string of the molecule is C#Cc1c(F)ccc2cc(O)cc(-c3ncc4c(N5CC6CCC(C5)N6)nc(OC5CCN(CCCCCCC(=O)N[C@H](C(=O)N6C[C@H](O)C[C@H]6C(=O)NCc6ccc(C7=C(C)C=CC7)cc6)C(C)(C)C)CC5)nc4c3F)c12. The molecule has 3 aromatic carbocycles. The smallest absolute Gasteiger partial charge is 0.319 e. The Morgan fingerprint density at radius 1 is 0.962 bits per heavy atom. The maximum atomic E-state index is 17.1. The van der Waals surface area contributed by atoms with Gasteiger partial charge in [-0.25, -0.2) is 8.78 Å². The molecule has 410 valence electrons. The number of fused-ring (bicyclic) bond motifs is 4. The molecule has 6 heterocycles. The third-order valence-electron chi connectivity index (χ3n) is 16.3. The van der Waals surface area contributed by atoms with Crippen LogP contribution in [0.1, 0.15) is 115 Å². The van der Waals surface area contributed by atoms with Gasteiger partial charge in [0, 0.05) is 81.3 Å². The summed E-state index contributed by atoms with van der Waals surface area (Å²) >= 11 is 0. The van der Waals surface area contributed by atoms with Gasteiger partial charge in [-0.2, -0.15) is 9.97 Å². The van der Waals surface area contributed by atoms with E-state index in [2.05, 4.69) is 72.8 Å². The van der Waals surface area contributed by atoms with Crippen LogP contribution in [-0.2, 0) is 20.9 Å². The molecule has 5 N–H and O–H groups in total. The zero-order valence-corrected chi connectivity index (χ0v) is 45.1. The number of hydrogen-bond acceptors (Lipinski definition) is 12. The lowest BCUT2D eigenvalue weighted by atomic mass is 9.85. The highest BCUT2D eigenvalue weighted by molar-refractivity contribution is 6.03. The number of β-amino-alcohol motifs (C(OH)–C–C–N with tert-alkyl or cyclic N) is 1. The van der Waals surface area contributed by atoms with Crippen LogP contribution in [0.4, 0.5) is 14.6 Å². The van der Waals surface area contributed by atoms with Crippen molar-refractivity contribution in [2.24, 2.45) is 5.41 Å². The number of benzene rings is 3. The number of allylic oxidation sites excluding steroid dienone is 4. The fourth-order valence-electron chi connectivity index (χ4n) is 12.0. The number of halogens is 2. The number of amides is 3. The number of rotatable bonds is 17. The van der Waals surface area contributed by atoms with E-state index < -0.39 is 35.2 Å². The Morgan fingerprint density at radius 2 is 1.71 bits per heavy atom. The molecule has 5 atom stereocenters. The number of carbonyl (C=O) groups is 3. The highest BCUT2D eigenvalue weighted by Crippen LogP contribution is 2.40. The Labute approximate surface area is 454 Å². The quantitative estimate of drug-likeness (QED) is 0.0446. The second-order valence-electron chi connectivity index (χ2n) is 23.0. The van der Waals surface area contributed by atoms with Gasteiger partial charge < -0.3 is 45.6 Å². The van der Waals surface area contributed by atoms with Crippen LogP contribution in [0.3, 0.4) is 0 Å². The van der Waals surface area contributed by atoms with Gasteiger partial charge in [0.2, 0.25) is 17.7 Å². The van der Waals surface area contributed by atoms with Crippen LogP contribution in [0, 0.1) is 29.4 Å². The summed E-state index contributed by atoms with van der Waals surface area (Å²) < 4.78 is 38.6. The van der Waals surface area contributed by atoms with Crippen molar-refractivity contribution < 1.29 is 38.1 Å². The molecule has 15 nitrogen and oxygen atoms in total. The van der Waals surface area contributed by atoms with Crippen LogP contribution in [0.2, 0.25) is 0 Å². The van der Waals surface area contributed by atoms with Gasteiger partial charge in [0.15, 0.2) is 5.82 Å². The van der Waals surface area contributed by atoms with Crippen LogP contribution in [-0.4, -0.2) is 128 Å². The first-order valence-electron chi connectivity index (χ1n) is 27.7. The van der Waals surface area contributed by atoms with Crippen molar-refractivity contribution in [3.8, 4) is 35.4 Å². The van der Waals surface area contributed by atoms with Crippen molar-refractivity contribution in [1.82, 2.24) is 40.7 Å². The van der Waals surface area contributed by atoms with E-state index in [9.17, 15) is 24.6 Å². The minimum Gasteiger partial charge on any atom is -0.508 e. The lowest BCUT2D eigenvalue weighted by Gasteiger charge is -2.35. The van der Waals surface area contributed by atoms with E-state index in [1.165, 1.54) is 46.5 Å². The second-order valence-corrected chi connectivity index (χ2v) is 23.0. The zero-order chi connectivity index (χ0) is 54.8. The predicted octanol–water partition coefficient (Wildman–Crippen LogP) is 8.09. The van der Waals surface area contributed by atoms with Crippen LogP contribution < -0.4 is 25.6 Å². The number of pyridine rings is 1. The molecule has 4 fully saturated rings. The number of likely N-dealkylation sites (tertiary alicyclic amines) is 2. The van der Waals surface area contributed by atoms with Crippen molar-refractivity contribution in [1.29, 1.82) is 0 Å². The van der Waals surface area contributed by atoms with E-state index in [1.54, 1.807) is 0 Å². The molecule has 78 heavy (non-hydrogen) atoms. The minimum absolute atomic E-state index is 0.00936. The number of phenols is 1. The van der Waals surface area contributed by atoms with Crippen molar-refractivity contribution in [3.05, 3.63) is 101 Å². The molecule has 5 aromatic rings. The number of phenolic OH excluding ortho intramolecular Hbond substituents is 1. The van der Waals surface area contributed by atoms with Crippen molar-refractivity contribution in [3.63, 3.8) is 0 Å². The molecule has 10 rings (SSSR count). The van der Waals surface area contributed by atoms with Gasteiger partial charge in [-0.15, -0.1) is 6.42 Å². The van der Waals surface area contributed by atoms with Crippen LogP contribution in [0.15, 0.2) is 72.5 Å². The van der Waals surface area contributed by atoms with Crippen molar-refractivity contribution in [2.45, 2.75) is 141 Å². The van der Waals surface area contributed by atoms with E-state index in [-0.39, 0.29) is 101 Å². The molecule has 0 spiro atoms. The number of terminal acetylenes is 1. The lowest BCUT2D eigenvalue weighted by Crippen LogP contribution is -2.57. The number of nitrogens with zero attached hydrogens (tertiary/aromatic N) is 6. The summed E-state index contributed by atoms with van der Waals surface area (Å²) in [4.78, 5) is 61.2. The zero-order valence-electron chi connectivity index (χ0n) is 45.1. The van der Waals surface area contributed by atoms with E-state index in [0.717, 1.165) is 82.1 Å². The number of piperazine rings is 1. The minimum atomic E-state index is -0.884. The summed E-state index contributed by atoms with van der Waals surface area (Å²) in [7, 11) is 0. The van der Waals surface area contributed by atoms with Crippen LogP contribution in [0.5, 0.6) is 11.8 Å². The molecular formula is C61H71F2N9O6. The first-order valence-corrected chi connectivity index (χ1v) is 27.7. The summed E-state index contributed by atoms with van der Waals surface area (Å²) in [6.07, 6.45) is 18.7. The Balaban J connectivity index is 0.706. The molecule has 1 aliphatic carbocycles. The number of aromatic hydroxyl groups is 1. The standard InChI is InChI=1S/C61H71F2N9O6/c1-6-45-49(62)22-19-39-28-42(73)29-47(52(39)45)54-53(63)55-48(32-64-54)57(71-33-40-20-21-41(34-71)66-40)69-60(68-55)78-44-23-26-70(27-24-44)25-10-8-7-9-14-51(75)67-56(61(3,4)5)59(77)72-35-43(74)30-50(72)58(76)65-31-37-15-17-38(18-16-37)46-13-11-12-36(46)2/h1,11-12,15-19,22,28-29,32,40-41,43-44,50,56,66,73-74H,7-10,13-14,20-21,23-27,30-31,33-35H2,2-5H3,(H,65,76)(H,67,75)/t40?,41?,43-,50+,56-/m1/s1. The summed E-state index contributed by atoms with van der Waals surface area (Å²) in [5.41, 5.74) is 3.94. The Morgan fingerprint density at radius 3 is 2.41 bits per heavy atom. The molecule has 5 aliphatic rings. The largest absolute Gasteiger partial charge is 0.508 e. The van der Waals surface area contributed by atoms with Gasteiger partial charge in [-0.3, -0.25) is 19.4 Å². The average Bonchev–Trinajstić information content (AvgIpc) is 4.25. The van der Waals surface area contributed by atoms with E-state index in [0.29, 0.717) is 36.1 Å². The normalized spacial score (nSPS) is 21.2. The third-order valence-corrected chi connectivity index (χ3v) is 16.3. The Kier molecular flexibility index (Phi) is 16.1. The number of carbonyl (C=O) groups excluding carboxylic acids is 3. The number of piperidine rings is 1. The van der Waals surface area contributed by atoms with Gasteiger partial charge in [0.05, 0.1) is 17.1 Å². The second kappa shape index (κ2) is 23.1. The van der Waals surface area contributed by atoms with Gasteiger partial charge in [0.25, 0.3) is 0 Å². The summed E-state index contributed by atoms with van der Waals surface area (Å²) in [6.45, 7) is 11.9. The van der Waals surface area contributed by atoms with Gasteiger partial charge >= 0.3 is 6.01 Å². The highest BCUT2D eigenvalue weighted by Gasteiger charge is 2.44. The van der Waals surface area contributed by atoms with E-state index >= 15 is 8.78 Å². The maximum absolute atomic E-state index is 17.1. The highest BCUT2D eigenvalue weighted by atomic mass is 19.1. The molecule has 2 bridgehead atoms. The fraction of sp³-hybridized carbons (Fsp3) is 0.475. The molecule has 0 saturated carbocycles. The average molecular weight is 1060 g/mol. The van der Waals surface area contributed by atoms with Gasteiger partial charge in [0.1, 0.15) is 46.8 Å². The third kappa shape index (κ3) is 11.9.